The summed E-state index contributed by atoms with van der Waals surface area (Å²) in [6.07, 6.45) is -0.880. The Bertz CT molecular complexity index is 803. The zero-order valence-electron chi connectivity index (χ0n) is 12.7. The van der Waals surface area contributed by atoms with Gasteiger partial charge in [-0.05, 0) is 18.2 Å². The fraction of sp³-hybridized carbons (Fsp3) is 0.467. The highest BCUT2D eigenvalue weighted by molar-refractivity contribution is 5.97. The molecule has 2 fully saturated rings. The van der Waals surface area contributed by atoms with Crippen molar-refractivity contribution in [2.24, 2.45) is 11.3 Å². The van der Waals surface area contributed by atoms with E-state index in [-0.39, 0.29) is 17.2 Å². The fourth-order valence-electron chi connectivity index (χ4n) is 3.80. The van der Waals surface area contributed by atoms with Crippen LogP contribution in [-0.2, 0) is 0 Å². The van der Waals surface area contributed by atoms with E-state index in [9.17, 15) is 9.59 Å². The largest absolute Gasteiger partial charge is 0.465 e. The quantitative estimate of drug-likeness (QED) is 0.818. The molecule has 0 bridgehead atoms. The summed E-state index contributed by atoms with van der Waals surface area (Å²) in [6.45, 7) is 4.22. The zero-order valence-corrected chi connectivity index (χ0v) is 12.7. The van der Waals surface area contributed by atoms with Crippen LogP contribution >= 0.6 is 0 Å². The predicted molar refractivity (Wildman–Crippen MR) is 81.0 cm³/mol. The van der Waals surface area contributed by atoms with Crippen LogP contribution in [0.5, 0.6) is 0 Å². The summed E-state index contributed by atoms with van der Waals surface area (Å²) >= 11 is 0. The van der Waals surface area contributed by atoms with Crippen LogP contribution in [0, 0.1) is 11.3 Å². The van der Waals surface area contributed by atoms with Crippen LogP contribution in [0.3, 0.4) is 0 Å². The highest BCUT2D eigenvalue weighted by atomic mass is 16.4. The molecule has 2 aliphatic rings. The fourth-order valence-corrected chi connectivity index (χ4v) is 3.80. The third-order valence-electron chi connectivity index (χ3n) is 5.10. The minimum Gasteiger partial charge on any atom is -0.465 e. The summed E-state index contributed by atoms with van der Waals surface area (Å²) in [6, 6.07) is 5.30. The van der Waals surface area contributed by atoms with Crippen LogP contribution in [0.2, 0.25) is 0 Å². The molecule has 2 aromatic rings. The minimum absolute atomic E-state index is 0.0348. The average molecular weight is 315 g/mol. The molecule has 2 aliphatic heterocycles. The number of aromatic nitrogens is 3. The molecule has 0 unspecified atom stereocenters. The lowest BCUT2D eigenvalue weighted by Crippen LogP contribution is -2.37. The number of amides is 2. The van der Waals surface area contributed by atoms with E-state index in [1.165, 1.54) is 4.90 Å². The first-order valence-corrected chi connectivity index (χ1v) is 7.54. The van der Waals surface area contributed by atoms with Crippen LogP contribution in [0.4, 0.5) is 4.79 Å². The number of aromatic amines is 1. The lowest BCUT2D eigenvalue weighted by molar-refractivity contribution is 0.0763. The highest BCUT2D eigenvalue weighted by Gasteiger charge is 2.51. The van der Waals surface area contributed by atoms with Crippen molar-refractivity contribution >= 4 is 23.0 Å². The first-order valence-electron chi connectivity index (χ1n) is 7.54. The maximum atomic E-state index is 12.7. The van der Waals surface area contributed by atoms with Crippen molar-refractivity contribution in [1.82, 2.24) is 25.2 Å². The van der Waals surface area contributed by atoms with Gasteiger partial charge in [0.05, 0.1) is 5.52 Å². The second-order valence-electron chi connectivity index (χ2n) is 6.74. The van der Waals surface area contributed by atoms with Crippen LogP contribution in [0.25, 0.3) is 11.0 Å². The van der Waals surface area contributed by atoms with Gasteiger partial charge >= 0.3 is 6.09 Å². The number of carbonyl (C=O) groups excluding carboxylic acids is 1. The standard InChI is InChI=1S/C15H17N5O3/c1-15-7-19(5-10(15)6-20(8-15)14(22)23)13(21)9-2-3-11-12(4-9)17-18-16-11/h2-4,10H,5-8H2,1H3,(H,22,23)(H,16,17,18)/t10-,15-/m1/s1. The van der Waals surface area contributed by atoms with Gasteiger partial charge in [-0.1, -0.05) is 12.1 Å². The average Bonchev–Trinajstić information content (AvgIpc) is 3.16. The van der Waals surface area contributed by atoms with Gasteiger partial charge in [0, 0.05) is 43.1 Å². The van der Waals surface area contributed by atoms with E-state index in [1.807, 2.05) is 4.90 Å². The van der Waals surface area contributed by atoms with E-state index in [1.54, 1.807) is 18.2 Å². The highest BCUT2D eigenvalue weighted by Crippen LogP contribution is 2.42. The molecule has 0 aliphatic carbocycles. The molecular weight excluding hydrogens is 298 g/mol. The van der Waals surface area contributed by atoms with E-state index in [0.717, 1.165) is 5.52 Å². The number of H-pyrrole nitrogens is 1. The molecule has 2 amide bonds. The Labute approximate surface area is 132 Å². The Morgan fingerprint density at radius 1 is 1.30 bits per heavy atom. The molecule has 2 N–H and O–H groups in total. The normalized spacial score (nSPS) is 26.7. The number of hydrogen-bond acceptors (Lipinski definition) is 4. The number of hydrogen-bond donors (Lipinski definition) is 2. The predicted octanol–water partition coefficient (Wildman–Crippen LogP) is 1.03. The van der Waals surface area contributed by atoms with Crippen molar-refractivity contribution < 1.29 is 14.7 Å². The van der Waals surface area contributed by atoms with Crippen LogP contribution in [0.15, 0.2) is 18.2 Å². The van der Waals surface area contributed by atoms with Crippen molar-refractivity contribution in [3.8, 4) is 0 Å². The Balaban J connectivity index is 1.54. The zero-order chi connectivity index (χ0) is 16.2. The van der Waals surface area contributed by atoms with E-state index >= 15 is 0 Å². The molecule has 3 heterocycles. The third-order valence-corrected chi connectivity index (χ3v) is 5.10. The van der Waals surface area contributed by atoms with Gasteiger partial charge in [0.15, 0.2) is 0 Å². The molecule has 0 radical (unpaired) electrons. The summed E-state index contributed by atoms with van der Waals surface area (Å²) in [5, 5.41) is 19.6. The van der Waals surface area contributed by atoms with Gasteiger partial charge < -0.3 is 14.9 Å². The molecule has 0 saturated carbocycles. The number of likely N-dealkylation sites (tertiary alicyclic amines) is 2. The van der Waals surface area contributed by atoms with Crippen molar-refractivity contribution in [3.05, 3.63) is 23.8 Å². The molecule has 1 aromatic heterocycles. The van der Waals surface area contributed by atoms with Crippen LogP contribution in [-0.4, -0.2) is 68.5 Å². The van der Waals surface area contributed by atoms with Gasteiger partial charge in [-0.25, -0.2) is 4.79 Å². The topological polar surface area (TPSA) is 102 Å². The van der Waals surface area contributed by atoms with Crippen molar-refractivity contribution in [2.45, 2.75) is 6.92 Å². The second kappa shape index (κ2) is 4.68. The molecule has 0 spiro atoms. The number of fused-ring (bicyclic) bond motifs is 2. The molecule has 2 atom stereocenters. The molecular formula is C15H17N5O3. The Hall–Kier alpha value is -2.64. The Kier molecular flexibility index (Phi) is 2.84. The van der Waals surface area contributed by atoms with E-state index in [0.29, 0.717) is 37.3 Å². The number of carboxylic acid groups (broad SMARTS) is 1. The molecule has 23 heavy (non-hydrogen) atoms. The maximum absolute atomic E-state index is 12.7. The lowest BCUT2D eigenvalue weighted by Gasteiger charge is -2.24. The molecule has 2 saturated heterocycles. The smallest absolute Gasteiger partial charge is 0.407 e. The number of benzene rings is 1. The third kappa shape index (κ3) is 2.13. The van der Waals surface area contributed by atoms with Crippen LogP contribution in [0.1, 0.15) is 17.3 Å². The van der Waals surface area contributed by atoms with Gasteiger partial charge in [-0.3, -0.25) is 9.89 Å². The lowest BCUT2D eigenvalue weighted by atomic mass is 9.83. The first-order chi connectivity index (χ1) is 11.0. The Morgan fingerprint density at radius 3 is 2.78 bits per heavy atom. The van der Waals surface area contributed by atoms with Gasteiger partial charge in [0.25, 0.3) is 5.91 Å². The summed E-state index contributed by atoms with van der Waals surface area (Å²) in [7, 11) is 0. The Morgan fingerprint density at radius 2 is 2.04 bits per heavy atom. The summed E-state index contributed by atoms with van der Waals surface area (Å²) in [4.78, 5) is 27.2. The van der Waals surface area contributed by atoms with E-state index < -0.39 is 6.09 Å². The molecule has 8 heteroatoms. The van der Waals surface area contributed by atoms with Crippen molar-refractivity contribution in [2.75, 3.05) is 26.2 Å². The van der Waals surface area contributed by atoms with Gasteiger partial charge in [0.1, 0.15) is 5.52 Å². The van der Waals surface area contributed by atoms with E-state index in [4.69, 9.17) is 5.11 Å². The molecule has 1 aromatic carbocycles. The summed E-state index contributed by atoms with van der Waals surface area (Å²) < 4.78 is 0. The number of rotatable bonds is 1. The number of nitrogens with one attached hydrogen (secondary N) is 1. The molecule has 4 rings (SSSR count). The molecule has 120 valence electrons. The SMILES string of the molecule is C[C@@]12CN(C(=O)O)C[C@H]1CN(C(=O)c1ccc3[nH]nnc3c1)C2. The first kappa shape index (κ1) is 14.0. The van der Waals surface area contributed by atoms with Crippen molar-refractivity contribution in [1.29, 1.82) is 0 Å². The summed E-state index contributed by atoms with van der Waals surface area (Å²) in [5.41, 5.74) is 1.89. The maximum Gasteiger partial charge on any atom is 0.407 e. The molecule has 8 nitrogen and oxygen atoms in total. The van der Waals surface area contributed by atoms with Gasteiger partial charge in [0.2, 0.25) is 0 Å². The van der Waals surface area contributed by atoms with Gasteiger partial charge in [-0.15, -0.1) is 5.10 Å². The number of nitrogens with zero attached hydrogens (tertiary/aromatic N) is 4. The monoisotopic (exact) mass is 315 g/mol. The summed E-state index contributed by atoms with van der Waals surface area (Å²) in [5.74, 6) is 0.158. The van der Waals surface area contributed by atoms with Crippen LogP contribution < -0.4 is 0 Å². The number of carbonyl (C=O) groups is 2. The van der Waals surface area contributed by atoms with Crippen molar-refractivity contribution in [3.63, 3.8) is 0 Å². The van der Waals surface area contributed by atoms with Gasteiger partial charge in [-0.2, -0.15) is 0 Å². The second-order valence-corrected chi connectivity index (χ2v) is 6.74. The minimum atomic E-state index is -0.880. The van der Waals surface area contributed by atoms with E-state index in [2.05, 4.69) is 22.3 Å².